The zero-order valence-corrected chi connectivity index (χ0v) is 10.9. The number of rotatable bonds is 4. The molecule has 7 heteroatoms. The Bertz CT molecular complexity index is 692. The Labute approximate surface area is 118 Å². The highest BCUT2D eigenvalue weighted by molar-refractivity contribution is 5.53. The van der Waals surface area contributed by atoms with Gasteiger partial charge in [0.05, 0.1) is 11.0 Å². The Balaban J connectivity index is 2.27. The molecule has 21 heavy (non-hydrogen) atoms. The molecule has 2 rings (SSSR count). The number of hydrogen-bond acceptors (Lipinski definition) is 3. The number of nitrogens with one attached hydrogen (secondary N) is 1. The average Bonchev–Trinajstić information content (AvgIpc) is 2.43. The van der Waals surface area contributed by atoms with Crippen molar-refractivity contribution in [1.82, 2.24) is 0 Å². The highest BCUT2D eigenvalue weighted by Gasteiger charge is 2.17. The second-order valence-electron chi connectivity index (χ2n) is 4.43. The van der Waals surface area contributed by atoms with E-state index in [1.165, 1.54) is 18.2 Å². The average molecular weight is 296 g/mol. The normalized spacial score (nSPS) is 12.0. The largest absolute Gasteiger partial charge is 0.378 e. The lowest BCUT2D eigenvalue weighted by molar-refractivity contribution is -0.387. The number of benzene rings is 2. The van der Waals surface area contributed by atoms with Crippen LogP contribution >= 0.6 is 0 Å². The fraction of sp³-hybridized carbons (Fsp3) is 0.143. The molecule has 0 saturated carbocycles. The van der Waals surface area contributed by atoms with Crippen LogP contribution in [0.2, 0.25) is 0 Å². The van der Waals surface area contributed by atoms with Gasteiger partial charge in [0, 0.05) is 17.3 Å². The molecule has 1 N–H and O–H groups in total. The van der Waals surface area contributed by atoms with Crippen molar-refractivity contribution in [1.29, 1.82) is 0 Å². The van der Waals surface area contributed by atoms with Crippen molar-refractivity contribution in [3.05, 3.63) is 69.5 Å². The van der Waals surface area contributed by atoms with Gasteiger partial charge in [-0.2, -0.15) is 4.39 Å². The Kier molecular flexibility index (Phi) is 4.11. The molecule has 0 fully saturated rings. The first-order valence-corrected chi connectivity index (χ1v) is 6.04. The number of anilines is 1. The number of nitro benzene ring substituents is 1. The third-order valence-electron chi connectivity index (χ3n) is 2.97. The minimum atomic E-state index is -0.992. The molecule has 2 aromatic carbocycles. The van der Waals surface area contributed by atoms with Crippen LogP contribution in [0.15, 0.2) is 36.4 Å². The summed E-state index contributed by atoms with van der Waals surface area (Å²) in [6, 6.07) is 6.33. The predicted molar refractivity (Wildman–Crippen MR) is 71.5 cm³/mol. The van der Waals surface area contributed by atoms with Gasteiger partial charge in [0.15, 0.2) is 11.6 Å². The molecule has 0 spiro atoms. The zero-order chi connectivity index (χ0) is 15.6. The van der Waals surface area contributed by atoms with Gasteiger partial charge in [-0.1, -0.05) is 12.1 Å². The van der Waals surface area contributed by atoms with E-state index in [1.54, 1.807) is 6.92 Å². The molecule has 0 aliphatic rings. The lowest BCUT2D eigenvalue weighted by Crippen LogP contribution is -2.10. The SMILES string of the molecule is CC(Nc1ccc(F)c([N+](=O)[O-])c1)c1cccc(F)c1F. The molecule has 110 valence electrons. The van der Waals surface area contributed by atoms with Gasteiger partial charge < -0.3 is 5.32 Å². The lowest BCUT2D eigenvalue weighted by Gasteiger charge is -2.16. The summed E-state index contributed by atoms with van der Waals surface area (Å²) in [5, 5.41) is 13.4. The smallest absolute Gasteiger partial charge is 0.306 e. The second kappa shape index (κ2) is 5.82. The Hall–Kier alpha value is -2.57. The molecule has 0 bridgehead atoms. The van der Waals surface area contributed by atoms with E-state index in [2.05, 4.69) is 5.32 Å². The quantitative estimate of drug-likeness (QED) is 0.680. The minimum absolute atomic E-state index is 0.0713. The van der Waals surface area contributed by atoms with E-state index in [0.717, 1.165) is 18.2 Å². The van der Waals surface area contributed by atoms with Crippen LogP contribution in [0.4, 0.5) is 24.5 Å². The number of nitrogens with zero attached hydrogens (tertiary/aromatic N) is 1. The van der Waals surface area contributed by atoms with Crippen molar-refractivity contribution < 1.29 is 18.1 Å². The first-order chi connectivity index (χ1) is 9.90. The van der Waals surface area contributed by atoms with Crippen molar-refractivity contribution in [3.63, 3.8) is 0 Å². The van der Waals surface area contributed by atoms with Crippen LogP contribution in [0.3, 0.4) is 0 Å². The first-order valence-electron chi connectivity index (χ1n) is 6.04. The van der Waals surface area contributed by atoms with E-state index >= 15 is 0 Å². The van der Waals surface area contributed by atoms with Gasteiger partial charge in [-0.05, 0) is 25.1 Å². The molecule has 0 heterocycles. The highest BCUT2D eigenvalue weighted by atomic mass is 19.2. The standard InChI is InChI=1S/C14H11F3N2O2/c1-8(10-3-2-4-12(16)14(10)17)18-9-5-6-11(15)13(7-9)19(20)21/h2-8,18H,1H3. The Morgan fingerprint density at radius 2 is 1.86 bits per heavy atom. The molecule has 0 radical (unpaired) electrons. The van der Waals surface area contributed by atoms with Crippen LogP contribution in [0.25, 0.3) is 0 Å². The topological polar surface area (TPSA) is 55.2 Å². The van der Waals surface area contributed by atoms with E-state index in [4.69, 9.17) is 0 Å². The molecular weight excluding hydrogens is 285 g/mol. The maximum absolute atomic E-state index is 13.6. The summed E-state index contributed by atoms with van der Waals surface area (Å²) in [5.41, 5.74) is -0.381. The molecule has 2 aromatic rings. The maximum Gasteiger partial charge on any atom is 0.306 e. The van der Waals surface area contributed by atoms with Crippen LogP contribution < -0.4 is 5.32 Å². The lowest BCUT2D eigenvalue weighted by atomic mass is 10.1. The fourth-order valence-electron chi connectivity index (χ4n) is 1.93. The van der Waals surface area contributed by atoms with Crippen molar-refractivity contribution in [3.8, 4) is 0 Å². The predicted octanol–water partition coefficient (Wildman–Crippen LogP) is 4.19. The van der Waals surface area contributed by atoms with Crippen molar-refractivity contribution in [2.45, 2.75) is 13.0 Å². The molecule has 0 saturated heterocycles. The van der Waals surface area contributed by atoms with Crippen LogP contribution in [-0.2, 0) is 0 Å². The van der Waals surface area contributed by atoms with Crippen molar-refractivity contribution in [2.75, 3.05) is 5.32 Å². The molecule has 0 aliphatic heterocycles. The highest BCUT2D eigenvalue weighted by Crippen LogP contribution is 2.26. The number of halogens is 3. The Morgan fingerprint density at radius 3 is 2.52 bits per heavy atom. The van der Waals surface area contributed by atoms with Gasteiger partial charge >= 0.3 is 5.69 Å². The summed E-state index contributed by atoms with van der Waals surface area (Å²) in [6.45, 7) is 1.56. The minimum Gasteiger partial charge on any atom is -0.378 e. The first kappa shape index (κ1) is 14.8. The van der Waals surface area contributed by atoms with Crippen LogP contribution in [-0.4, -0.2) is 4.92 Å². The molecule has 0 aliphatic carbocycles. The monoisotopic (exact) mass is 296 g/mol. The van der Waals surface area contributed by atoms with Gasteiger partial charge in [0.1, 0.15) is 0 Å². The van der Waals surface area contributed by atoms with Crippen molar-refractivity contribution in [2.24, 2.45) is 0 Å². The summed E-state index contributed by atoms with van der Waals surface area (Å²) in [7, 11) is 0. The van der Waals surface area contributed by atoms with Gasteiger partial charge in [0.25, 0.3) is 0 Å². The molecule has 1 atom stereocenters. The van der Waals surface area contributed by atoms with E-state index < -0.39 is 34.1 Å². The molecule has 1 unspecified atom stereocenters. The van der Waals surface area contributed by atoms with Gasteiger partial charge in [-0.15, -0.1) is 0 Å². The third kappa shape index (κ3) is 3.13. The summed E-state index contributed by atoms with van der Waals surface area (Å²) >= 11 is 0. The summed E-state index contributed by atoms with van der Waals surface area (Å²) < 4.78 is 40.0. The number of hydrogen-bond donors (Lipinski definition) is 1. The second-order valence-corrected chi connectivity index (χ2v) is 4.43. The van der Waals surface area contributed by atoms with E-state index in [1.807, 2.05) is 0 Å². The van der Waals surface area contributed by atoms with Crippen LogP contribution in [0.1, 0.15) is 18.5 Å². The fourth-order valence-corrected chi connectivity index (χ4v) is 1.93. The number of nitro groups is 1. The van der Waals surface area contributed by atoms with E-state index in [0.29, 0.717) is 0 Å². The van der Waals surface area contributed by atoms with Gasteiger partial charge in [0.2, 0.25) is 5.82 Å². The zero-order valence-electron chi connectivity index (χ0n) is 10.9. The molecular formula is C14H11F3N2O2. The van der Waals surface area contributed by atoms with Crippen LogP contribution in [0.5, 0.6) is 0 Å². The van der Waals surface area contributed by atoms with E-state index in [9.17, 15) is 23.3 Å². The van der Waals surface area contributed by atoms with E-state index in [-0.39, 0.29) is 11.3 Å². The molecule has 0 amide bonds. The van der Waals surface area contributed by atoms with Gasteiger partial charge in [-0.25, -0.2) is 8.78 Å². The molecule has 4 nitrogen and oxygen atoms in total. The summed E-state index contributed by atoms with van der Waals surface area (Å²) in [5.74, 6) is -2.93. The third-order valence-corrected chi connectivity index (χ3v) is 2.97. The van der Waals surface area contributed by atoms with Gasteiger partial charge in [-0.3, -0.25) is 10.1 Å². The van der Waals surface area contributed by atoms with Crippen LogP contribution in [0, 0.1) is 27.6 Å². The van der Waals surface area contributed by atoms with Crippen molar-refractivity contribution >= 4 is 11.4 Å². The summed E-state index contributed by atoms with van der Waals surface area (Å²) in [6.07, 6.45) is 0. The maximum atomic E-state index is 13.6. The molecule has 0 aromatic heterocycles. The summed E-state index contributed by atoms with van der Waals surface area (Å²) in [4.78, 5) is 9.80. The Morgan fingerprint density at radius 1 is 1.14 bits per heavy atom.